The summed E-state index contributed by atoms with van der Waals surface area (Å²) in [6.45, 7) is 0.0521. The summed E-state index contributed by atoms with van der Waals surface area (Å²) in [6, 6.07) is 17.2. The molecule has 1 amide bonds. The number of benzene rings is 3. The van der Waals surface area contributed by atoms with Crippen LogP contribution in [0.3, 0.4) is 0 Å². The number of rotatable bonds is 8. The normalized spacial score (nSPS) is 11.0. The van der Waals surface area contributed by atoms with E-state index in [9.17, 15) is 19.1 Å². The fourth-order valence-electron chi connectivity index (χ4n) is 2.85. The van der Waals surface area contributed by atoms with Gasteiger partial charge in [0.1, 0.15) is 18.1 Å². The molecule has 0 atom stereocenters. The third-order valence-electron chi connectivity index (χ3n) is 4.35. The third kappa shape index (κ3) is 5.86. The fraction of sp³-hybridized carbons (Fsp3) is 0.0833. The number of amides is 1. The number of carbonyl (C=O) groups excluding carboxylic acids is 1. The van der Waals surface area contributed by atoms with E-state index in [2.05, 4.69) is 5.32 Å². The van der Waals surface area contributed by atoms with Crippen molar-refractivity contribution in [3.05, 3.63) is 100.0 Å². The van der Waals surface area contributed by atoms with Gasteiger partial charge in [-0.3, -0.25) is 4.79 Å². The Bertz CT molecular complexity index is 1160. The summed E-state index contributed by atoms with van der Waals surface area (Å²) < 4.78 is 24.4. The second-order valence-corrected chi connectivity index (χ2v) is 7.04. The molecule has 164 valence electrons. The zero-order chi connectivity index (χ0) is 23.1. The maximum Gasteiger partial charge on any atom is 0.352 e. The van der Waals surface area contributed by atoms with E-state index in [4.69, 9.17) is 21.1 Å². The molecule has 0 fully saturated rings. The van der Waals surface area contributed by atoms with Crippen molar-refractivity contribution in [2.24, 2.45) is 0 Å². The maximum absolute atomic E-state index is 13.4. The van der Waals surface area contributed by atoms with Crippen LogP contribution in [-0.2, 0) is 11.4 Å². The number of hydrogen-bond donors (Lipinski definition) is 2. The summed E-state index contributed by atoms with van der Waals surface area (Å²) in [7, 11) is 1.41. The van der Waals surface area contributed by atoms with Gasteiger partial charge in [0.05, 0.1) is 12.1 Å². The van der Waals surface area contributed by atoms with Gasteiger partial charge in [0.2, 0.25) is 0 Å². The molecule has 2 N–H and O–H groups in total. The quantitative estimate of drug-likeness (QED) is 0.471. The van der Waals surface area contributed by atoms with Crippen LogP contribution in [-0.4, -0.2) is 24.1 Å². The van der Waals surface area contributed by atoms with Crippen LogP contribution in [0.25, 0.3) is 6.08 Å². The highest BCUT2D eigenvalue weighted by Gasteiger charge is 2.16. The number of methoxy groups -OCH3 is 1. The molecule has 0 aliphatic heterocycles. The second-order valence-electron chi connectivity index (χ2n) is 6.64. The average molecular weight is 456 g/mol. The number of carboxylic acids is 1. The van der Waals surface area contributed by atoms with Crippen molar-refractivity contribution in [2.75, 3.05) is 7.11 Å². The maximum atomic E-state index is 13.4. The Hall–Kier alpha value is -3.84. The van der Waals surface area contributed by atoms with Crippen molar-refractivity contribution < 1.29 is 28.6 Å². The molecular weight excluding hydrogens is 437 g/mol. The lowest BCUT2D eigenvalue weighted by Crippen LogP contribution is -2.27. The molecule has 0 aliphatic rings. The molecular formula is C24H19ClFNO5. The van der Waals surface area contributed by atoms with Crippen molar-refractivity contribution >= 4 is 29.6 Å². The van der Waals surface area contributed by atoms with Gasteiger partial charge in [-0.25, -0.2) is 9.18 Å². The lowest BCUT2D eigenvalue weighted by molar-refractivity contribution is -0.132. The van der Waals surface area contributed by atoms with Crippen LogP contribution >= 0.6 is 11.6 Å². The zero-order valence-electron chi connectivity index (χ0n) is 17.0. The molecule has 0 saturated carbocycles. The van der Waals surface area contributed by atoms with Crippen LogP contribution in [0.1, 0.15) is 21.5 Å². The summed E-state index contributed by atoms with van der Waals surface area (Å²) in [6.07, 6.45) is 1.26. The second kappa shape index (κ2) is 10.5. The first-order valence-corrected chi connectivity index (χ1v) is 9.81. The number of carboxylic acid groups (broad SMARTS) is 1. The zero-order valence-corrected chi connectivity index (χ0v) is 17.7. The molecule has 0 aliphatic carbocycles. The summed E-state index contributed by atoms with van der Waals surface area (Å²) >= 11 is 6.33. The Kier molecular flexibility index (Phi) is 7.46. The van der Waals surface area contributed by atoms with E-state index in [-0.39, 0.29) is 34.6 Å². The fourth-order valence-corrected chi connectivity index (χ4v) is 3.12. The van der Waals surface area contributed by atoms with E-state index >= 15 is 0 Å². The molecule has 3 aromatic carbocycles. The van der Waals surface area contributed by atoms with Crippen molar-refractivity contribution in [3.8, 4) is 11.5 Å². The number of aliphatic carboxylic acids is 1. The van der Waals surface area contributed by atoms with Crippen molar-refractivity contribution in [2.45, 2.75) is 6.61 Å². The van der Waals surface area contributed by atoms with Crippen LogP contribution in [0.4, 0.5) is 4.39 Å². The summed E-state index contributed by atoms with van der Waals surface area (Å²) in [5.41, 5.74) is 0.946. The van der Waals surface area contributed by atoms with Gasteiger partial charge in [0.25, 0.3) is 5.91 Å². The predicted octanol–water partition coefficient (Wildman–Crippen LogP) is 4.92. The van der Waals surface area contributed by atoms with Gasteiger partial charge in [-0.15, -0.1) is 0 Å². The van der Waals surface area contributed by atoms with Crippen molar-refractivity contribution in [1.29, 1.82) is 0 Å². The first kappa shape index (κ1) is 22.8. The molecule has 0 spiro atoms. The summed E-state index contributed by atoms with van der Waals surface area (Å²) in [5.74, 6) is -1.80. The van der Waals surface area contributed by atoms with E-state index in [0.29, 0.717) is 16.7 Å². The van der Waals surface area contributed by atoms with Crippen LogP contribution in [0.15, 0.2) is 72.4 Å². The largest absolute Gasteiger partial charge is 0.493 e. The van der Waals surface area contributed by atoms with Crippen LogP contribution in [0.5, 0.6) is 11.5 Å². The Balaban J connectivity index is 1.84. The Morgan fingerprint density at radius 3 is 2.50 bits per heavy atom. The predicted molar refractivity (Wildman–Crippen MR) is 118 cm³/mol. The highest BCUT2D eigenvalue weighted by molar-refractivity contribution is 6.32. The number of halogens is 2. The highest BCUT2D eigenvalue weighted by Crippen LogP contribution is 2.37. The minimum absolute atomic E-state index is 0.0521. The topological polar surface area (TPSA) is 84.9 Å². The van der Waals surface area contributed by atoms with Crippen molar-refractivity contribution in [1.82, 2.24) is 5.32 Å². The molecule has 6 nitrogen and oxygen atoms in total. The van der Waals surface area contributed by atoms with Gasteiger partial charge in [-0.2, -0.15) is 0 Å². The Labute approximate surface area is 188 Å². The van der Waals surface area contributed by atoms with E-state index < -0.39 is 11.9 Å². The van der Waals surface area contributed by atoms with Crippen LogP contribution in [0.2, 0.25) is 5.02 Å². The van der Waals surface area contributed by atoms with Gasteiger partial charge in [-0.1, -0.05) is 41.9 Å². The molecule has 8 heteroatoms. The number of ether oxygens (including phenoxy) is 2. The minimum Gasteiger partial charge on any atom is -0.493 e. The van der Waals surface area contributed by atoms with Crippen LogP contribution < -0.4 is 14.8 Å². The smallest absolute Gasteiger partial charge is 0.352 e. The molecule has 0 bridgehead atoms. The SMILES string of the molecule is COc1cc(C=C(NC(=O)c2ccccc2)C(=O)O)cc(Cl)c1OCc1cccc(F)c1. The van der Waals surface area contributed by atoms with Gasteiger partial charge in [0, 0.05) is 5.56 Å². The average Bonchev–Trinajstić information content (AvgIpc) is 2.78. The van der Waals surface area contributed by atoms with Gasteiger partial charge in [-0.05, 0) is 53.6 Å². The summed E-state index contributed by atoms with van der Waals surface area (Å²) in [5, 5.41) is 12.0. The Morgan fingerprint density at radius 2 is 1.84 bits per heavy atom. The van der Waals surface area contributed by atoms with Gasteiger partial charge in [0.15, 0.2) is 11.5 Å². The van der Waals surface area contributed by atoms with Gasteiger partial charge >= 0.3 is 5.97 Å². The lowest BCUT2D eigenvalue weighted by Gasteiger charge is -2.14. The Morgan fingerprint density at radius 1 is 1.09 bits per heavy atom. The van der Waals surface area contributed by atoms with E-state index in [0.717, 1.165) is 0 Å². The third-order valence-corrected chi connectivity index (χ3v) is 4.63. The molecule has 0 heterocycles. The minimum atomic E-state index is -1.32. The molecule has 0 saturated heterocycles. The number of hydrogen-bond acceptors (Lipinski definition) is 4. The number of carbonyl (C=O) groups is 2. The molecule has 0 unspecified atom stereocenters. The van der Waals surface area contributed by atoms with E-state index in [1.165, 1.54) is 37.5 Å². The first-order valence-electron chi connectivity index (χ1n) is 9.43. The lowest BCUT2D eigenvalue weighted by atomic mass is 10.1. The summed E-state index contributed by atoms with van der Waals surface area (Å²) in [4.78, 5) is 24.0. The molecule has 3 rings (SSSR count). The van der Waals surface area contributed by atoms with E-state index in [1.807, 2.05) is 0 Å². The molecule has 0 radical (unpaired) electrons. The molecule has 3 aromatic rings. The molecule has 0 aromatic heterocycles. The number of nitrogens with one attached hydrogen (secondary N) is 1. The monoisotopic (exact) mass is 455 g/mol. The standard InChI is InChI=1S/C24H19ClFNO5/c1-31-21-13-16(11-19(25)22(21)32-14-15-6-5-9-18(26)10-15)12-20(24(29)30)27-23(28)17-7-3-2-4-8-17/h2-13H,14H2,1H3,(H,27,28)(H,29,30). The van der Waals surface area contributed by atoms with E-state index in [1.54, 1.807) is 42.5 Å². The first-order chi connectivity index (χ1) is 15.4. The van der Waals surface area contributed by atoms with Crippen molar-refractivity contribution in [3.63, 3.8) is 0 Å². The van der Waals surface area contributed by atoms with Gasteiger partial charge < -0.3 is 19.9 Å². The highest BCUT2D eigenvalue weighted by atomic mass is 35.5. The molecule has 32 heavy (non-hydrogen) atoms. The van der Waals surface area contributed by atoms with Crippen LogP contribution in [0, 0.1) is 5.82 Å².